The van der Waals surface area contributed by atoms with Gasteiger partial charge in [0.05, 0.1) is 4.90 Å². The number of nitrogens with zero attached hydrogens (tertiary/aromatic N) is 2. The van der Waals surface area contributed by atoms with Crippen molar-refractivity contribution in [1.82, 2.24) is 9.88 Å². The van der Waals surface area contributed by atoms with E-state index in [1.807, 2.05) is 12.3 Å². The van der Waals surface area contributed by atoms with Crippen LogP contribution in [0.25, 0.3) is 0 Å². The molecule has 7 heteroatoms. The molecule has 0 unspecified atom stereocenters. The zero-order chi connectivity index (χ0) is 23.6. The van der Waals surface area contributed by atoms with Gasteiger partial charge in [-0.05, 0) is 72.0 Å². The van der Waals surface area contributed by atoms with Crippen LogP contribution in [0, 0.1) is 5.82 Å². The highest BCUT2D eigenvalue weighted by Crippen LogP contribution is 2.25. The molecule has 0 spiro atoms. The largest absolute Gasteiger partial charge is 0.298 e. The molecule has 4 rings (SSSR count). The Morgan fingerprint density at radius 2 is 1.79 bits per heavy atom. The lowest BCUT2D eigenvalue weighted by atomic mass is 9.91. The van der Waals surface area contributed by atoms with Crippen LogP contribution in [-0.4, -0.2) is 31.4 Å². The van der Waals surface area contributed by atoms with E-state index < -0.39 is 15.8 Å². The van der Waals surface area contributed by atoms with Crippen LogP contribution < -0.4 is 4.72 Å². The van der Waals surface area contributed by atoms with Crippen molar-refractivity contribution in [3.63, 3.8) is 0 Å². The van der Waals surface area contributed by atoms with Crippen molar-refractivity contribution >= 4 is 15.7 Å². The first-order chi connectivity index (χ1) is 15.6. The molecule has 5 nitrogen and oxygen atoms in total. The number of sulfonamides is 1. The first kappa shape index (κ1) is 23.4. The van der Waals surface area contributed by atoms with Crippen molar-refractivity contribution < 1.29 is 12.8 Å². The summed E-state index contributed by atoms with van der Waals surface area (Å²) in [6.45, 7) is 9.10. The van der Waals surface area contributed by atoms with Gasteiger partial charge in [0.25, 0.3) is 10.0 Å². The summed E-state index contributed by atoms with van der Waals surface area (Å²) in [7, 11) is -3.73. The summed E-state index contributed by atoms with van der Waals surface area (Å²) in [5, 5.41) is 0. The number of hydrogen-bond acceptors (Lipinski definition) is 4. The van der Waals surface area contributed by atoms with Crippen molar-refractivity contribution in [3.05, 3.63) is 89.0 Å². The molecule has 0 saturated heterocycles. The van der Waals surface area contributed by atoms with Crippen LogP contribution in [-0.2, 0) is 34.8 Å². The molecule has 0 radical (unpaired) electrons. The average molecular weight is 468 g/mol. The minimum atomic E-state index is -3.73. The first-order valence-corrected chi connectivity index (χ1v) is 12.7. The Labute approximate surface area is 195 Å². The summed E-state index contributed by atoms with van der Waals surface area (Å²) < 4.78 is 41.1. The van der Waals surface area contributed by atoms with Crippen molar-refractivity contribution in [3.8, 4) is 0 Å². The molecule has 1 aliphatic rings. The van der Waals surface area contributed by atoms with E-state index in [9.17, 15) is 12.8 Å². The third-order valence-corrected chi connectivity index (χ3v) is 7.36. The van der Waals surface area contributed by atoms with E-state index >= 15 is 0 Å². The number of anilines is 1. The summed E-state index contributed by atoms with van der Waals surface area (Å²) in [6.07, 6.45) is 3.71. The minimum Gasteiger partial charge on any atom is -0.298 e. The number of pyridine rings is 1. The van der Waals surface area contributed by atoms with Crippen molar-refractivity contribution in [2.75, 3.05) is 17.8 Å². The summed E-state index contributed by atoms with van der Waals surface area (Å²) in [5.41, 5.74) is 4.92. The number of rotatable bonds is 6. The first-order valence-electron chi connectivity index (χ1n) is 11.2. The topological polar surface area (TPSA) is 62.3 Å². The van der Waals surface area contributed by atoms with Crippen LogP contribution >= 0.6 is 0 Å². The number of fused-ring (bicyclic) bond motifs is 1. The third-order valence-electron chi connectivity index (χ3n) is 5.99. The smallest absolute Gasteiger partial charge is 0.261 e. The maximum Gasteiger partial charge on any atom is 0.261 e. The Morgan fingerprint density at radius 3 is 2.45 bits per heavy atom. The number of benzene rings is 2. The normalized spacial score (nSPS) is 14.7. The molecule has 1 N–H and O–H groups in total. The highest BCUT2D eigenvalue weighted by Gasteiger charge is 2.21. The molecular formula is C26H30FN3O2S. The Balaban J connectivity index is 1.38. The van der Waals surface area contributed by atoms with E-state index in [0.717, 1.165) is 49.3 Å². The Bertz CT molecular complexity index is 1220. The summed E-state index contributed by atoms with van der Waals surface area (Å²) >= 11 is 0. The predicted octanol–water partition coefficient (Wildman–Crippen LogP) is 4.92. The van der Waals surface area contributed by atoms with Crippen LogP contribution in [0.3, 0.4) is 0 Å². The molecule has 2 heterocycles. The van der Waals surface area contributed by atoms with Gasteiger partial charge >= 0.3 is 0 Å². The zero-order valence-corrected chi connectivity index (χ0v) is 20.1. The molecule has 1 aromatic heterocycles. The molecule has 174 valence electrons. The van der Waals surface area contributed by atoms with E-state index in [0.29, 0.717) is 5.69 Å². The Hall–Kier alpha value is -2.77. The zero-order valence-electron chi connectivity index (χ0n) is 19.3. The van der Waals surface area contributed by atoms with E-state index in [1.54, 1.807) is 12.1 Å². The monoisotopic (exact) mass is 467 g/mol. The molecule has 0 amide bonds. The van der Waals surface area contributed by atoms with Crippen LogP contribution in [0.2, 0.25) is 0 Å². The number of halogens is 1. The van der Waals surface area contributed by atoms with Gasteiger partial charge in [-0.1, -0.05) is 32.9 Å². The summed E-state index contributed by atoms with van der Waals surface area (Å²) in [5.74, 6) is -0.408. The molecule has 0 aliphatic carbocycles. The lowest BCUT2D eigenvalue weighted by Crippen LogP contribution is -2.32. The van der Waals surface area contributed by atoms with Crippen LogP contribution in [0.1, 0.15) is 43.2 Å². The molecule has 0 fully saturated rings. The average Bonchev–Trinajstić information content (AvgIpc) is 2.78. The van der Waals surface area contributed by atoms with E-state index in [4.69, 9.17) is 0 Å². The van der Waals surface area contributed by atoms with Gasteiger partial charge in [-0.3, -0.25) is 14.6 Å². The van der Waals surface area contributed by atoms with Crippen molar-refractivity contribution in [2.45, 2.75) is 50.5 Å². The van der Waals surface area contributed by atoms with Crippen LogP contribution in [0.4, 0.5) is 10.1 Å². The van der Waals surface area contributed by atoms with Gasteiger partial charge in [0.2, 0.25) is 0 Å². The lowest BCUT2D eigenvalue weighted by molar-refractivity contribution is 0.257. The second-order valence-corrected chi connectivity index (χ2v) is 11.3. The summed E-state index contributed by atoms with van der Waals surface area (Å²) in [4.78, 5) is 7.24. The number of nitrogens with one attached hydrogen (secondary N) is 1. The van der Waals surface area contributed by atoms with Gasteiger partial charge in [-0.25, -0.2) is 12.8 Å². The maximum atomic E-state index is 13.1. The predicted molar refractivity (Wildman–Crippen MR) is 129 cm³/mol. The second-order valence-electron chi connectivity index (χ2n) is 9.62. The minimum absolute atomic E-state index is 0.0516. The molecule has 3 aromatic rings. The van der Waals surface area contributed by atoms with Crippen LogP contribution in [0.5, 0.6) is 0 Å². The fourth-order valence-electron chi connectivity index (χ4n) is 3.98. The summed E-state index contributed by atoms with van der Waals surface area (Å²) in [6, 6.07) is 14.9. The number of aromatic nitrogens is 1. The molecular weight excluding hydrogens is 437 g/mol. The molecule has 0 atom stereocenters. The molecule has 2 aromatic carbocycles. The van der Waals surface area contributed by atoms with Gasteiger partial charge in [-0.2, -0.15) is 0 Å². The quantitative estimate of drug-likeness (QED) is 0.559. The number of hydrogen-bond donors (Lipinski definition) is 1. The second kappa shape index (κ2) is 9.23. The SMILES string of the molecule is CC(C)(C)c1ccc(CCN2CCc3cc(S(=O)(=O)Nc4ccc(F)cc4)ccc3C2)cn1. The fourth-order valence-corrected chi connectivity index (χ4v) is 5.09. The standard InChI is InChI=1S/C26H30FN3O2S/c1-26(2,3)25-11-4-19(17-28-25)12-14-30-15-13-20-16-24(10-5-21(20)18-30)33(31,32)29-23-8-6-22(27)7-9-23/h4-11,16-17,29H,12-15,18H2,1-3H3. The lowest BCUT2D eigenvalue weighted by Gasteiger charge is -2.29. The van der Waals surface area contributed by atoms with Crippen LogP contribution in [0.15, 0.2) is 65.7 Å². The van der Waals surface area contributed by atoms with E-state index in [-0.39, 0.29) is 10.3 Å². The fraction of sp³-hybridized carbons (Fsp3) is 0.346. The highest BCUT2D eigenvalue weighted by molar-refractivity contribution is 7.92. The molecule has 0 saturated carbocycles. The maximum absolute atomic E-state index is 13.1. The van der Waals surface area contributed by atoms with Crippen molar-refractivity contribution in [1.29, 1.82) is 0 Å². The van der Waals surface area contributed by atoms with E-state index in [1.165, 1.54) is 29.8 Å². The van der Waals surface area contributed by atoms with E-state index in [2.05, 4.69) is 47.5 Å². The molecule has 33 heavy (non-hydrogen) atoms. The van der Waals surface area contributed by atoms with Gasteiger partial charge < -0.3 is 0 Å². The third kappa shape index (κ3) is 5.78. The Morgan fingerprint density at radius 1 is 1.03 bits per heavy atom. The van der Waals surface area contributed by atoms with Gasteiger partial charge in [-0.15, -0.1) is 0 Å². The molecule has 0 bridgehead atoms. The van der Waals surface area contributed by atoms with Gasteiger partial charge in [0, 0.05) is 42.6 Å². The highest BCUT2D eigenvalue weighted by atomic mass is 32.2. The van der Waals surface area contributed by atoms with Gasteiger partial charge in [0.1, 0.15) is 5.82 Å². The van der Waals surface area contributed by atoms with Crippen molar-refractivity contribution in [2.24, 2.45) is 0 Å². The van der Waals surface area contributed by atoms with Gasteiger partial charge in [0.15, 0.2) is 0 Å². The molecule has 1 aliphatic heterocycles. The Kier molecular flexibility index (Phi) is 6.54.